The van der Waals surface area contributed by atoms with Crippen LogP contribution in [0.1, 0.15) is 18.2 Å². The molecule has 0 radical (unpaired) electrons. The zero-order valence-electron chi connectivity index (χ0n) is 18.8. The summed E-state index contributed by atoms with van der Waals surface area (Å²) in [5.41, 5.74) is 1.58. The van der Waals surface area contributed by atoms with E-state index in [2.05, 4.69) is 20.2 Å². The van der Waals surface area contributed by atoms with Crippen LogP contribution < -0.4 is 19.5 Å². The van der Waals surface area contributed by atoms with Gasteiger partial charge in [0.1, 0.15) is 24.7 Å². The number of pyridine rings is 2. The van der Waals surface area contributed by atoms with Crippen LogP contribution in [0.2, 0.25) is 0 Å². The van der Waals surface area contributed by atoms with Crippen molar-refractivity contribution in [2.24, 2.45) is 11.8 Å². The number of piperidine rings is 1. The van der Waals surface area contributed by atoms with Crippen molar-refractivity contribution in [3.8, 4) is 17.4 Å². The van der Waals surface area contributed by atoms with Gasteiger partial charge in [0, 0.05) is 36.6 Å². The van der Waals surface area contributed by atoms with Crippen LogP contribution in [-0.2, 0) is 12.3 Å². The lowest BCUT2D eigenvalue weighted by Gasteiger charge is -2.36. The molecule has 0 amide bonds. The molecule has 8 heteroatoms. The quantitative estimate of drug-likeness (QED) is 0.594. The molecule has 1 saturated heterocycles. The average Bonchev–Trinajstić information content (AvgIpc) is 3.28. The van der Waals surface area contributed by atoms with E-state index in [0.29, 0.717) is 55.0 Å². The van der Waals surface area contributed by atoms with Gasteiger partial charge in [0.15, 0.2) is 5.75 Å². The number of ether oxygens (including phenoxy) is 3. The maximum absolute atomic E-state index is 11.6. The SMILES string of the molecule is COc1cnc2cccc(C(C)(O)N3CC4C(NCc5ccc6c(n5)OCCO6)[C@@H]4C3)c2c1. The van der Waals surface area contributed by atoms with Crippen LogP contribution in [-0.4, -0.2) is 59.4 Å². The molecule has 1 saturated carbocycles. The van der Waals surface area contributed by atoms with Crippen molar-refractivity contribution in [2.45, 2.75) is 25.2 Å². The van der Waals surface area contributed by atoms with Gasteiger partial charge in [-0.15, -0.1) is 0 Å². The highest BCUT2D eigenvalue weighted by Crippen LogP contribution is 2.49. The first kappa shape index (κ1) is 20.7. The van der Waals surface area contributed by atoms with Crippen LogP contribution in [0.3, 0.4) is 0 Å². The van der Waals surface area contributed by atoms with Crippen molar-refractivity contribution in [1.29, 1.82) is 0 Å². The topological polar surface area (TPSA) is 89.0 Å². The van der Waals surface area contributed by atoms with Gasteiger partial charge in [0.2, 0.25) is 0 Å². The summed E-state index contributed by atoms with van der Waals surface area (Å²) < 4.78 is 16.5. The molecule has 2 N–H and O–H groups in total. The predicted octanol–water partition coefficient (Wildman–Crippen LogP) is 2.29. The Morgan fingerprint density at radius 1 is 1.18 bits per heavy atom. The Morgan fingerprint density at radius 3 is 2.82 bits per heavy atom. The molecule has 4 atom stereocenters. The maximum atomic E-state index is 11.6. The van der Waals surface area contributed by atoms with Gasteiger partial charge in [-0.25, -0.2) is 4.98 Å². The summed E-state index contributed by atoms with van der Waals surface area (Å²) in [6.07, 6.45) is 1.71. The lowest BCUT2D eigenvalue weighted by atomic mass is 9.97. The number of methoxy groups -OCH3 is 1. The summed E-state index contributed by atoms with van der Waals surface area (Å²) in [6.45, 7) is 5.38. The third-order valence-electron chi connectivity index (χ3n) is 7.24. The van der Waals surface area contributed by atoms with Gasteiger partial charge in [-0.1, -0.05) is 12.1 Å². The summed E-state index contributed by atoms with van der Waals surface area (Å²) in [7, 11) is 1.63. The van der Waals surface area contributed by atoms with E-state index in [1.165, 1.54) is 0 Å². The van der Waals surface area contributed by atoms with Gasteiger partial charge in [0.25, 0.3) is 5.88 Å². The Morgan fingerprint density at radius 2 is 2.00 bits per heavy atom. The number of fused-ring (bicyclic) bond motifs is 3. The first-order valence-corrected chi connectivity index (χ1v) is 11.4. The molecule has 6 rings (SSSR count). The number of aromatic nitrogens is 2. The van der Waals surface area contributed by atoms with E-state index < -0.39 is 5.72 Å². The lowest BCUT2D eigenvalue weighted by Crippen LogP contribution is -2.45. The molecule has 1 aliphatic carbocycles. The van der Waals surface area contributed by atoms with E-state index in [1.54, 1.807) is 13.3 Å². The molecule has 2 aromatic heterocycles. The zero-order chi connectivity index (χ0) is 22.6. The molecule has 0 bridgehead atoms. The average molecular weight is 449 g/mol. The minimum atomic E-state index is -1.08. The van der Waals surface area contributed by atoms with Crippen LogP contribution in [0.25, 0.3) is 10.9 Å². The maximum Gasteiger partial charge on any atom is 0.257 e. The summed E-state index contributed by atoms with van der Waals surface area (Å²) >= 11 is 0. The van der Waals surface area contributed by atoms with Gasteiger partial charge in [0.05, 0.1) is 24.5 Å². The molecule has 33 heavy (non-hydrogen) atoms. The monoisotopic (exact) mass is 448 g/mol. The van der Waals surface area contributed by atoms with Crippen LogP contribution >= 0.6 is 0 Å². The van der Waals surface area contributed by atoms with E-state index in [9.17, 15) is 5.11 Å². The molecule has 8 nitrogen and oxygen atoms in total. The van der Waals surface area contributed by atoms with Gasteiger partial charge >= 0.3 is 0 Å². The third-order valence-corrected chi connectivity index (χ3v) is 7.24. The standard InChI is InChI=1S/C25H28N4O4/c1-25(30,20-4-3-5-21-17(20)10-16(31-2)12-26-21)29-13-18-19(14-29)23(18)27-11-15-6-7-22-24(28-15)33-9-8-32-22/h3-7,10,12,18-19,23,27,30H,8-9,11,13-14H2,1-2H3/t18-,19?,23?,25?/m1/s1. The Labute approximate surface area is 192 Å². The first-order valence-electron chi connectivity index (χ1n) is 11.4. The molecule has 0 spiro atoms. The van der Waals surface area contributed by atoms with Crippen molar-refractivity contribution < 1.29 is 19.3 Å². The molecular weight excluding hydrogens is 420 g/mol. The number of likely N-dealkylation sites (tertiary alicyclic amines) is 1. The molecule has 172 valence electrons. The van der Waals surface area contributed by atoms with E-state index in [-0.39, 0.29) is 0 Å². The fourth-order valence-electron chi connectivity index (χ4n) is 5.30. The third kappa shape index (κ3) is 3.58. The fourth-order valence-corrected chi connectivity index (χ4v) is 5.30. The smallest absolute Gasteiger partial charge is 0.257 e. The van der Waals surface area contributed by atoms with Crippen molar-refractivity contribution in [3.63, 3.8) is 0 Å². The van der Waals surface area contributed by atoms with Gasteiger partial charge in [-0.3, -0.25) is 9.88 Å². The van der Waals surface area contributed by atoms with Crippen molar-refractivity contribution >= 4 is 10.9 Å². The van der Waals surface area contributed by atoms with Crippen LogP contribution in [0.15, 0.2) is 42.6 Å². The summed E-state index contributed by atoms with van der Waals surface area (Å²) in [4.78, 5) is 11.2. The minimum Gasteiger partial charge on any atom is -0.495 e. The Hall–Kier alpha value is -2.94. The van der Waals surface area contributed by atoms with Crippen LogP contribution in [0.4, 0.5) is 0 Å². The number of hydrogen-bond acceptors (Lipinski definition) is 8. The number of nitrogens with one attached hydrogen (secondary N) is 1. The second kappa shape index (κ2) is 7.83. The molecular formula is C25H28N4O4. The molecule has 2 aliphatic heterocycles. The second-order valence-electron chi connectivity index (χ2n) is 9.21. The molecule has 4 heterocycles. The molecule has 3 aromatic rings. The summed E-state index contributed by atoms with van der Waals surface area (Å²) in [5.74, 6) is 3.03. The Balaban J connectivity index is 1.12. The number of benzene rings is 1. The van der Waals surface area contributed by atoms with E-state index in [4.69, 9.17) is 14.2 Å². The highest BCUT2D eigenvalue weighted by Gasteiger charge is 2.58. The largest absolute Gasteiger partial charge is 0.495 e. The highest BCUT2D eigenvalue weighted by atomic mass is 16.6. The van der Waals surface area contributed by atoms with Gasteiger partial charge in [-0.2, -0.15) is 0 Å². The number of rotatable bonds is 6. The Bertz CT molecular complexity index is 1190. The number of aliphatic hydroxyl groups is 1. The van der Waals surface area contributed by atoms with Gasteiger partial charge in [-0.05, 0) is 43.0 Å². The van der Waals surface area contributed by atoms with Crippen molar-refractivity contribution in [3.05, 3.63) is 53.9 Å². The summed E-state index contributed by atoms with van der Waals surface area (Å²) in [5, 5.41) is 16.2. The second-order valence-corrected chi connectivity index (χ2v) is 9.21. The zero-order valence-corrected chi connectivity index (χ0v) is 18.8. The van der Waals surface area contributed by atoms with Crippen molar-refractivity contribution in [1.82, 2.24) is 20.2 Å². The predicted molar refractivity (Wildman–Crippen MR) is 122 cm³/mol. The van der Waals surface area contributed by atoms with Crippen LogP contribution in [0, 0.1) is 11.8 Å². The minimum absolute atomic E-state index is 0.446. The molecule has 1 aromatic carbocycles. The highest BCUT2D eigenvalue weighted by molar-refractivity contribution is 5.84. The molecule has 3 unspecified atom stereocenters. The van der Waals surface area contributed by atoms with E-state index in [0.717, 1.165) is 35.2 Å². The first-order chi connectivity index (χ1) is 16.0. The lowest BCUT2D eigenvalue weighted by molar-refractivity contribution is -0.0940. The van der Waals surface area contributed by atoms with Gasteiger partial charge < -0.3 is 24.6 Å². The number of hydrogen-bond donors (Lipinski definition) is 2. The normalized spacial score (nSPS) is 25.5. The van der Waals surface area contributed by atoms with E-state index >= 15 is 0 Å². The molecule has 2 fully saturated rings. The van der Waals surface area contributed by atoms with E-state index in [1.807, 2.05) is 43.3 Å². The molecule has 3 aliphatic rings. The number of nitrogens with zero attached hydrogens (tertiary/aromatic N) is 3. The Kier molecular flexibility index (Phi) is 4.90. The van der Waals surface area contributed by atoms with Crippen molar-refractivity contribution in [2.75, 3.05) is 33.4 Å². The fraction of sp³-hybridized carbons (Fsp3) is 0.440. The van der Waals surface area contributed by atoms with Crippen LogP contribution in [0.5, 0.6) is 17.4 Å². The summed E-state index contributed by atoms with van der Waals surface area (Å²) in [6, 6.07) is 12.2.